The first-order valence-corrected chi connectivity index (χ1v) is 4.88. The summed E-state index contributed by atoms with van der Waals surface area (Å²) in [5, 5.41) is 9.72. The molecule has 0 saturated heterocycles. The molecule has 0 atom stereocenters. The van der Waals surface area contributed by atoms with E-state index in [1.165, 1.54) is 23.5 Å². The van der Waals surface area contributed by atoms with Crippen LogP contribution in [0.1, 0.15) is 5.56 Å². The van der Waals surface area contributed by atoms with Gasteiger partial charge in [-0.25, -0.2) is 4.39 Å². The van der Waals surface area contributed by atoms with Crippen LogP contribution in [0.15, 0.2) is 18.2 Å². The lowest BCUT2D eigenvalue weighted by Gasteiger charge is -1.97. The molecule has 13 heavy (non-hydrogen) atoms. The highest BCUT2D eigenvalue weighted by Gasteiger charge is 2.06. The molecule has 0 bridgehead atoms. The summed E-state index contributed by atoms with van der Waals surface area (Å²) in [7, 11) is 0. The first kappa shape index (κ1) is 8.94. The van der Waals surface area contributed by atoms with E-state index in [0.717, 1.165) is 10.1 Å². The fourth-order valence-electron chi connectivity index (χ4n) is 1.27. The van der Waals surface area contributed by atoms with Gasteiger partial charge in [-0.1, -0.05) is 11.6 Å². The zero-order chi connectivity index (χ0) is 9.42. The number of aliphatic hydroxyl groups is 1. The Labute approximate surface area is 83.4 Å². The van der Waals surface area contributed by atoms with Crippen molar-refractivity contribution in [3.05, 3.63) is 33.9 Å². The van der Waals surface area contributed by atoms with Gasteiger partial charge in [-0.15, -0.1) is 11.3 Å². The molecule has 2 aromatic rings. The normalized spacial score (nSPS) is 11.0. The minimum absolute atomic E-state index is 0.162. The molecule has 1 N–H and O–H groups in total. The molecule has 1 aromatic carbocycles. The van der Waals surface area contributed by atoms with E-state index in [2.05, 4.69) is 0 Å². The largest absolute Gasteiger partial charge is 0.392 e. The number of hydrogen-bond acceptors (Lipinski definition) is 2. The molecule has 0 aliphatic rings. The van der Waals surface area contributed by atoms with Crippen LogP contribution in [0.3, 0.4) is 0 Å². The van der Waals surface area contributed by atoms with E-state index in [-0.39, 0.29) is 12.4 Å². The second kappa shape index (κ2) is 3.25. The maximum absolute atomic E-state index is 12.9. The second-order valence-electron chi connectivity index (χ2n) is 2.69. The van der Waals surface area contributed by atoms with Crippen molar-refractivity contribution in [2.45, 2.75) is 6.61 Å². The van der Waals surface area contributed by atoms with Crippen LogP contribution in [0.5, 0.6) is 0 Å². The van der Waals surface area contributed by atoms with Crippen molar-refractivity contribution in [1.82, 2.24) is 0 Å². The average Bonchev–Trinajstić information content (AvgIpc) is 2.43. The van der Waals surface area contributed by atoms with Crippen LogP contribution in [0.2, 0.25) is 4.34 Å². The lowest BCUT2D eigenvalue weighted by Crippen LogP contribution is -1.84. The quantitative estimate of drug-likeness (QED) is 0.776. The Morgan fingerprint density at radius 2 is 2.15 bits per heavy atom. The van der Waals surface area contributed by atoms with Gasteiger partial charge in [0.25, 0.3) is 0 Å². The van der Waals surface area contributed by atoms with Gasteiger partial charge in [0.05, 0.1) is 10.9 Å². The molecule has 68 valence electrons. The van der Waals surface area contributed by atoms with E-state index in [0.29, 0.717) is 9.90 Å². The van der Waals surface area contributed by atoms with Crippen molar-refractivity contribution >= 4 is 33.0 Å². The Hall–Kier alpha value is -0.640. The van der Waals surface area contributed by atoms with E-state index in [4.69, 9.17) is 16.7 Å². The first-order chi connectivity index (χ1) is 6.20. The smallest absolute Gasteiger partial charge is 0.124 e. The van der Waals surface area contributed by atoms with E-state index < -0.39 is 0 Å². The van der Waals surface area contributed by atoms with Crippen molar-refractivity contribution in [3.63, 3.8) is 0 Å². The van der Waals surface area contributed by atoms with Gasteiger partial charge in [-0.05, 0) is 29.1 Å². The van der Waals surface area contributed by atoms with Crippen LogP contribution in [-0.2, 0) is 6.61 Å². The van der Waals surface area contributed by atoms with Crippen LogP contribution in [0.25, 0.3) is 10.1 Å². The minimum Gasteiger partial charge on any atom is -0.392 e. The first-order valence-electron chi connectivity index (χ1n) is 3.69. The van der Waals surface area contributed by atoms with Gasteiger partial charge in [-0.2, -0.15) is 0 Å². The Balaban J connectivity index is 2.80. The third-order valence-corrected chi connectivity index (χ3v) is 3.15. The molecule has 0 spiro atoms. The number of fused-ring (bicyclic) bond motifs is 1. The van der Waals surface area contributed by atoms with E-state index in [9.17, 15) is 4.39 Å². The van der Waals surface area contributed by atoms with Gasteiger partial charge in [0, 0.05) is 4.70 Å². The molecule has 1 nitrogen and oxygen atoms in total. The maximum atomic E-state index is 12.9. The topological polar surface area (TPSA) is 20.2 Å². The highest BCUT2D eigenvalue weighted by Crippen LogP contribution is 2.32. The van der Waals surface area contributed by atoms with Crippen molar-refractivity contribution < 1.29 is 9.50 Å². The number of halogens is 2. The third-order valence-electron chi connectivity index (χ3n) is 1.80. The van der Waals surface area contributed by atoms with Crippen molar-refractivity contribution in [2.75, 3.05) is 0 Å². The number of thiophene rings is 1. The minimum atomic E-state index is -0.342. The van der Waals surface area contributed by atoms with Gasteiger partial charge >= 0.3 is 0 Å². The van der Waals surface area contributed by atoms with E-state index in [1.807, 2.05) is 0 Å². The van der Waals surface area contributed by atoms with Crippen LogP contribution >= 0.6 is 22.9 Å². The molecule has 0 amide bonds. The summed E-state index contributed by atoms with van der Waals surface area (Å²) in [6, 6.07) is 4.44. The molecular formula is C9H6ClFOS. The van der Waals surface area contributed by atoms with Gasteiger partial charge < -0.3 is 5.11 Å². The maximum Gasteiger partial charge on any atom is 0.124 e. The van der Waals surface area contributed by atoms with Gasteiger partial charge in [0.1, 0.15) is 5.82 Å². The van der Waals surface area contributed by atoms with Crippen LogP contribution in [-0.4, -0.2) is 5.11 Å². The summed E-state index contributed by atoms with van der Waals surface area (Å²) in [6.45, 7) is -0.162. The fraction of sp³-hybridized carbons (Fsp3) is 0.111. The molecule has 1 aromatic heterocycles. The molecule has 0 fully saturated rings. The molecule has 0 aliphatic heterocycles. The molecule has 0 radical (unpaired) electrons. The predicted octanol–water partition coefficient (Wildman–Crippen LogP) is 3.19. The zero-order valence-corrected chi connectivity index (χ0v) is 8.12. The SMILES string of the molecule is OCc1cc(F)cc2cc(Cl)sc12. The summed E-state index contributed by atoms with van der Waals surface area (Å²) in [6.07, 6.45) is 0. The molecular weight excluding hydrogens is 211 g/mol. The predicted molar refractivity (Wildman–Crippen MR) is 52.7 cm³/mol. The fourth-order valence-corrected chi connectivity index (χ4v) is 2.49. The third kappa shape index (κ3) is 1.55. The summed E-state index contributed by atoms with van der Waals surface area (Å²) in [5.41, 5.74) is 0.590. The highest BCUT2D eigenvalue weighted by molar-refractivity contribution is 7.22. The highest BCUT2D eigenvalue weighted by atomic mass is 35.5. The van der Waals surface area contributed by atoms with Crippen LogP contribution in [0, 0.1) is 5.82 Å². The molecule has 4 heteroatoms. The molecule has 0 aliphatic carbocycles. The summed E-state index contributed by atoms with van der Waals surface area (Å²) >= 11 is 7.13. The lowest BCUT2D eigenvalue weighted by atomic mass is 10.2. The van der Waals surface area contributed by atoms with E-state index in [1.54, 1.807) is 6.07 Å². The van der Waals surface area contributed by atoms with Gasteiger partial charge in [0.15, 0.2) is 0 Å². The Morgan fingerprint density at radius 3 is 2.85 bits per heavy atom. The average molecular weight is 217 g/mol. The Kier molecular flexibility index (Phi) is 2.24. The second-order valence-corrected chi connectivity index (χ2v) is 4.38. The summed E-state index contributed by atoms with van der Waals surface area (Å²) in [4.78, 5) is 0. The van der Waals surface area contributed by atoms with Crippen molar-refractivity contribution in [1.29, 1.82) is 0 Å². The Bertz CT molecular complexity index is 452. The molecule has 0 saturated carbocycles. The number of aliphatic hydroxyl groups excluding tert-OH is 1. The van der Waals surface area contributed by atoms with Crippen molar-refractivity contribution in [2.24, 2.45) is 0 Å². The molecule has 0 unspecified atom stereocenters. The van der Waals surface area contributed by atoms with Crippen LogP contribution in [0.4, 0.5) is 4.39 Å². The molecule has 1 heterocycles. The lowest BCUT2D eigenvalue weighted by molar-refractivity contribution is 0.283. The van der Waals surface area contributed by atoms with Gasteiger partial charge in [0.2, 0.25) is 0 Å². The van der Waals surface area contributed by atoms with Gasteiger partial charge in [-0.3, -0.25) is 0 Å². The van der Waals surface area contributed by atoms with Crippen LogP contribution < -0.4 is 0 Å². The molecule has 2 rings (SSSR count). The number of benzene rings is 1. The monoisotopic (exact) mass is 216 g/mol. The van der Waals surface area contributed by atoms with Crippen molar-refractivity contribution in [3.8, 4) is 0 Å². The zero-order valence-electron chi connectivity index (χ0n) is 6.55. The summed E-state index contributed by atoms with van der Waals surface area (Å²) in [5.74, 6) is -0.342. The Morgan fingerprint density at radius 1 is 1.38 bits per heavy atom. The standard InChI is InChI=1S/C9H6ClFOS/c10-8-3-5-1-7(11)2-6(4-12)9(5)13-8/h1-3,12H,4H2. The van der Waals surface area contributed by atoms with E-state index >= 15 is 0 Å². The summed E-state index contributed by atoms with van der Waals surface area (Å²) < 4.78 is 14.4. The number of rotatable bonds is 1. The number of hydrogen-bond donors (Lipinski definition) is 1.